The molecule has 0 spiro atoms. The molecular weight excluding hydrogens is 381 g/mol. The summed E-state index contributed by atoms with van der Waals surface area (Å²) in [6.07, 6.45) is 5.05. The number of rotatable bonds is 7. The number of halogens is 1. The van der Waals surface area contributed by atoms with E-state index in [2.05, 4.69) is 17.9 Å². The fourth-order valence-corrected chi connectivity index (χ4v) is 4.32. The molecule has 0 amide bonds. The van der Waals surface area contributed by atoms with Crippen LogP contribution >= 0.6 is 0 Å². The van der Waals surface area contributed by atoms with Gasteiger partial charge in [0, 0.05) is 36.5 Å². The van der Waals surface area contributed by atoms with Crippen LogP contribution in [0.3, 0.4) is 0 Å². The average Bonchev–Trinajstić information content (AvgIpc) is 3.36. The monoisotopic (exact) mass is 409 g/mol. The third-order valence-corrected chi connectivity index (χ3v) is 5.91. The first-order valence-corrected chi connectivity index (χ1v) is 10.4. The molecule has 1 saturated heterocycles. The van der Waals surface area contributed by atoms with Gasteiger partial charge in [-0.3, -0.25) is 4.90 Å². The molecular formula is C24H28FN3O2. The van der Waals surface area contributed by atoms with Gasteiger partial charge in [0.25, 0.3) is 0 Å². The molecule has 0 bridgehead atoms. The topological polar surface area (TPSA) is 50.5 Å². The largest absolute Gasteiger partial charge is 0.494 e. The van der Waals surface area contributed by atoms with Crippen molar-refractivity contribution in [3.8, 4) is 22.7 Å². The Balaban J connectivity index is 1.75. The van der Waals surface area contributed by atoms with E-state index in [1.807, 2.05) is 35.1 Å². The van der Waals surface area contributed by atoms with Crippen molar-refractivity contribution in [2.45, 2.75) is 38.8 Å². The van der Waals surface area contributed by atoms with Gasteiger partial charge in [0.1, 0.15) is 0 Å². The Morgan fingerprint density at radius 1 is 1.23 bits per heavy atom. The van der Waals surface area contributed by atoms with Crippen LogP contribution in [-0.2, 0) is 6.54 Å². The summed E-state index contributed by atoms with van der Waals surface area (Å²) >= 11 is 0. The van der Waals surface area contributed by atoms with E-state index >= 15 is 0 Å². The van der Waals surface area contributed by atoms with E-state index in [-0.39, 0.29) is 12.4 Å². The predicted octanol–water partition coefficient (Wildman–Crippen LogP) is 4.34. The molecule has 158 valence electrons. The molecule has 0 radical (unpaired) electrons. The summed E-state index contributed by atoms with van der Waals surface area (Å²) in [5.74, 6) is -0.174. The molecule has 1 unspecified atom stereocenters. The van der Waals surface area contributed by atoms with E-state index in [9.17, 15) is 9.50 Å². The Morgan fingerprint density at radius 3 is 2.80 bits per heavy atom. The van der Waals surface area contributed by atoms with Crippen LogP contribution in [0.25, 0.3) is 16.9 Å². The molecule has 1 aromatic heterocycles. The lowest BCUT2D eigenvalue weighted by Crippen LogP contribution is -2.29. The number of aryl methyl sites for hydroxylation is 1. The van der Waals surface area contributed by atoms with E-state index in [1.165, 1.54) is 13.2 Å². The number of likely N-dealkylation sites (tertiary alicyclic amines) is 1. The highest BCUT2D eigenvalue weighted by Crippen LogP contribution is 2.31. The number of hydrogen-bond donors (Lipinski definition) is 1. The van der Waals surface area contributed by atoms with Gasteiger partial charge in [-0.15, -0.1) is 0 Å². The Hall–Kier alpha value is -2.70. The van der Waals surface area contributed by atoms with Gasteiger partial charge in [0.05, 0.1) is 18.5 Å². The van der Waals surface area contributed by atoms with Crippen LogP contribution in [0.1, 0.15) is 30.4 Å². The number of benzene rings is 2. The molecule has 0 saturated carbocycles. The molecule has 2 aromatic carbocycles. The van der Waals surface area contributed by atoms with Crippen molar-refractivity contribution < 1.29 is 14.2 Å². The van der Waals surface area contributed by atoms with E-state index in [0.29, 0.717) is 6.04 Å². The van der Waals surface area contributed by atoms with Gasteiger partial charge in [-0.2, -0.15) is 5.10 Å². The smallest absolute Gasteiger partial charge is 0.165 e. The highest BCUT2D eigenvalue weighted by Gasteiger charge is 2.26. The van der Waals surface area contributed by atoms with Crippen LogP contribution in [0, 0.1) is 12.7 Å². The van der Waals surface area contributed by atoms with E-state index < -0.39 is 5.82 Å². The van der Waals surface area contributed by atoms with Crippen molar-refractivity contribution in [2.75, 3.05) is 20.3 Å². The van der Waals surface area contributed by atoms with Gasteiger partial charge >= 0.3 is 0 Å². The standard InChI is InChI=1S/C24H28FN3O2/c1-17-6-3-4-8-22(17)28-16-19(15-27-12-5-7-20(27)11-13-29)24(26-28)18-9-10-23(30-2)21(25)14-18/h3-4,6,8-10,14,16,20,29H,5,7,11-13,15H2,1-2H3. The van der Waals surface area contributed by atoms with Crippen molar-refractivity contribution in [1.29, 1.82) is 0 Å². The summed E-state index contributed by atoms with van der Waals surface area (Å²) in [5.41, 5.74) is 4.68. The van der Waals surface area contributed by atoms with Gasteiger partial charge in [-0.05, 0) is 62.6 Å². The number of aliphatic hydroxyl groups excluding tert-OH is 1. The third-order valence-electron chi connectivity index (χ3n) is 5.91. The molecule has 1 aliphatic rings. The molecule has 3 aromatic rings. The molecule has 0 aliphatic carbocycles. The first-order chi connectivity index (χ1) is 14.6. The minimum atomic E-state index is -0.397. The Labute approximate surface area is 176 Å². The van der Waals surface area contributed by atoms with Crippen molar-refractivity contribution in [3.05, 3.63) is 65.6 Å². The van der Waals surface area contributed by atoms with E-state index in [1.54, 1.807) is 6.07 Å². The zero-order valence-corrected chi connectivity index (χ0v) is 17.5. The van der Waals surface area contributed by atoms with Crippen LogP contribution in [0.15, 0.2) is 48.7 Å². The van der Waals surface area contributed by atoms with Crippen LogP contribution < -0.4 is 4.74 Å². The maximum absolute atomic E-state index is 14.4. The van der Waals surface area contributed by atoms with Crippen molar-refractivity contribution in [2.24, 2.45) is 0 Å². The molecule has 4 rings (SSSR count). The number of aromatic nitrogens is 2. The fourth-order valence-electron chi connectivity index (χ4n) is 4.32. The van der Waals surface area contributed by atoms with Crippen LogP contribution in [0.5, 0.6) is 5.75 Å². The number of hydrogen-bond acceptors (Lipinski definition) is 4. The number of nitrogens with zero attached hydrogens (tertiary/aromatic N) is 3. The fraction of sp³-hybridized carbons (Fsp3) is 0.375. The summed E-state index contributed by atoms with van der Waals surface area (Å²) in [7, 11) is 1.46. The summed E-state index contributed by atoms with van der Waals surface area (Å²) in [4.78, 5) is 2.40. The molecule has 1 N–H and O–H groups in total. The lowest BCUT2D eigenvalue weighted by Gasteiger charge is -2.23. The Kier molecular flexibility index (Phi) is 6.16. The maximum Gasteiger partial charge on any atom is 0.165 e. The third kappa shape index (κ3) is 4.11. The summed E-state index contributed by atoms with van der Waals surface area (Å²) in [6.45, 7) is 3.97. The highest BCUT2D eigenvalue weighted by atomic mass is 19.1. The number of methoxy groups -OCH3 is 1. The summed E-state index contributed by atoms with van der Waals surface area (Å²) in [6, 6.07) is 13.5. The predicted molar refractivity (Wildman–Crippen MR) is 115 cm³/mol. The van der Waals surface area contributed by atoms with Crippen LogP contribution in [-0.4, -0.2) is 46.1 Å². The average molecular weight is 410 g/mol. The lowest BCUT2D eigenvalue weighted by atomic mass is 10.1. The molecule has 1 fully saturated rings. The van der Waals surface area contributed by atoms with Crippen molar-refractivity contribution >= 4 is 0 Å². The van der Waals surface area contributed by atoms with E-state index in [0.717, 1.165) is 60.4 Å². The van der Waals surface area contributed by atoms with Crippen LogP contribution in [0.2, 0.25) is 0 Å². The molecule has 1 aliphatic heterocycles. The van der Waals surface area contributed by atoms with Gasteiger partial charge < -0.3 is 9.84 Å². The summed E-state index contributed by atoms with van der Waals surface area (Å²) < 4.78 is 21.4. The first-order valence-electron chi connectivity index (χ1n) is 10.4. The SMILES string of the molecule is COc1ccc(-c2nn(-c3ccccc3C)cc2CN2CCCC2CCO)cc1F. The normalized spacial score (nSPS) is 16.9. The molecule has 6 heteroatoms. The molecule has 2 heterocycles. The van der Waals surface area contributed by atoms with Gasteiger partial charge in [-0.1, -0.05) is 18.2 Å². The van der Waals surface area contributed by atoms with Gasteiger partial charge in [-0.25, -0.2) is 9.07 Å². The Bertz CT molecular complexity index is 1020. The first kappa shape index (κ1) is 20.6. The summed E-state index contributed by atoms with van der Waals surface area (Å²) in [5, 5.41) is 14.3. The second-order valence-corrected chi connectivity index (χ2v) is 7.86. The molecule has 1 atom stereocenters. The number of aliphatic hydroxyl groups is 1. The highest BCUT2D eigenvalue weighted by molar-refractivity contribution is 5.64. The maximum atomic E-state index is 14.4. The second kappa shape index (κ2) is 8.98. The zero-order chi connectivity index (χ0) is 21.1. The quantitative estimate of drug-likeness (QED) is 0.631. The van der Waals surface area contributed by atoms with Crippen molar-refractivity contribution in [1.82, 2.24) is 14.7 Å². The van der Waals surface area contributed by atoms with Crippen LogP contribution in [0.4, 0.5) is 4.39 Å². The van der Waals surface area contributed by atoms with Gasteiger partial charge in [0.2, 0.25) is 0 Å². The second-order valence-electron chi connectivity index (χ2n) is 7.86. The minimum absolute atomic E-state index is 0.195. The van der Waals surface area contributed by atoms with E-state index in [4.69, 9.17) is 9.84 Å². The Morgan fingerprint density at radius 2 is 2.07 bits per heavy atom. The minimum Gasteiger partial charge on any atom is -0.494 e. The number of para-hydroxylation sites is 1. The molecule has 5 nitrogen and oxygen atoms in total. The number of ether oxygens (including phenoxy) is 1. The lowest BCUT2D eigenvalue weighted by molar-refractivity contribution is 0.190. The zero-order valence-electron chi connectivity index (χ0n) is 17.5. The van der Waals surface area contributed by atoms with Gasteiger partial charge in [0.15, 0.2) is 11.6 Å². The molecule has 30 heavy (non-hydrogen) atoms. The van der Waals surface area contributed by atoms with Crippen molar-refractivity contribution in [3.63, 3.8) is 0 Å².